The molecule has 26 heavy (non-hydrogen) atoms. The molecule has 8 heteroatoms. The molecule has 2 amide bonds. The van der Waals surface area contributed by atoms with E-state index in [1.165, 1.54) is 16.7 Å². The number of hydrogen-bond donors (Lipinski definition) is 2. The zero-order chi connectivity index (χ0) is 18.5. The minimum atomic E-state index is -0.164. The molecule has 2 aromatic carbocycles. The van der Waals surface area contributed by atoms with Crippen LogP contribution in [-0.2, 0) is 9.59 Å². The van der Waals surface area contributed by atoms with Crippen LogP contribution in [-0.4, -0.2) is 23.7 Å². The SMILES string of the molecule is COc1ccc(C=C2SC(=S)N(c3ccc(NNC=O)cc3)C2=O)cc1. The highest BCUT2D eigenvalue weighted by Crippen LogP contribution is 2.36. The summed E-state index contributed by atoms with van der Waals surface area (Å²) in [7, 11) is 1.61. The largest absolute Gasteiger partial charge is 0.497 e. The van der Waals surface area contributed by atoms with Gasteiger partial charge in [-0.25, -0.2) is 0 Å². The van der Waals surface area contributed by atoms with Crippen LogP contribution in [0, 0.1) is 0 Å². The Morgan fingerprint density at radius 2 is 1.81 bits per heavy atom. The lowest BCUT2D eigenvalue weighted by Crippen LogP contribution is -2.27. The molecule has 0 radical (unpaired) electrons. The van der Waals surface area contributed by atoms with E-state index in [2.05, 4.69) is 10.9 Å². The van der Waals surface area contributed by atoms with E-state index in [1.54, 1.807) is 31.4 Å². The zero-order valence-corrected chi connectivity index (χ0v) is 15.4. The van der Waals surface area contributed by atoms with Gasteiger partial charge in [-0.3, -0.25) is 25.3 Å². The Morgan fingerprint density at radius 3 is 2.42 bits per heavy atom. The quantitative estimate of drug-likeness (QED) is 0.344. The van der Waals surface area contributed by atoms with Crippen molar-refractivity contribution in [3.63, 3.8) is 0 Å². The second-order valence-corrected chi connectivity index (χ2v) is 6.90. The third-order valence-corrected chi connectivity index (χ3v) is 4.91. The van der Waals surface area contributed by atoms with Crippen molar-refractivity contribution in [2.45, 2.75) is 0 Å². The van der Waals surface area contributed by atoms with Crippen LogP contribution in [0.1, 0.15) is 5.56 Å². The van der Waals surface area contributed by atoms with Gasteiger partial charge in [0.25, 0.3) is 5.91 Å². The normalized spacial score (nSPS) is 15.3. The van der Waals surface area contributed by atoms with Gasteiger partial charge in [-0.2, -0.15) is 0 Å². The number of nitrogens with zero attached hydrogens (tertiary/aromatic N) is 1. The van der Waals surface area contributed by atoms with Crippen LogP contribution in [0.4, 0.5) is 11.4 Å². The molecule has 1 saturated heterocycles. The van der Waals surface area contributed by atoms with Crippen molar-refractivity contribution < 1.29 is 14.3 Å². The number of benzene rings is 2. The molecule has 1 aliphatic rings. The van der Waals surface area contributed by atoms with Gasteiger partial charge in [0.15, 0.2) is 4.32 Å². The van der Waals surface area contributed by atoms with Gasteiger partial charge in [0, 0.05) is 0 Å². The van der Waals surface area contributed by atoms with E-state index in [0.717, 1.165) is 11.3 Å². The van der Waals surface area contributed by atoms with Crippen molar-refractivity contribution >= 4 is 58.1 Å². The smallest absolute Gasteiger partial charge is 0.270 e. The van der Waals surface area contributed by atoms with Crippen molar-refractivity contribution in [2.24, 2.45) is 0 Å². The number of hydrazine groups is 1. The van der Waals surface area contributed by atoms with Crippen molar-refractivity contribution in [3.05, 3.63) is 59.0 Å². The van der Waals surface area contributed by atoms with Crippen molar-refractivity contribution in [1.82, 2.24) is 5.43 Å². The maximum absolute atomic E-state index is 12.8. The lowest BCUT2D eigenvalue weighted by molar-refractivity contribution is -0.113. The molecule has 1 aliphatic heterocycles. The molecule has 0 saturated carbocycles. The molecule has 0 aliphatic carbocycles. The van der Waals surface area contributed by atoms with Gasteiger partial charge in [-0.1, -0.05) is 36.1 Å². The van der Waals surface area contributed by atoms with Crippen LogP contribution in [0.25, 0.3) is 6.08 Å². The summed E-state index contributed by atoms with van der Waals surface area (Å²) < 4.78 is 5.61. The standard InChI is InChI=1S/C18H15N3O3S2/c1-24-15-8-2-12(3-9-15)10-16-17(23)21(18(25)26-16)14-6-4-13(5-7-14)20-19-11-22/h2-11,20H,1H3,(H,19,22). The molecule has 6 nitrogen and oxygen atoms in total. The zero-order valence-electron chi connectivity index (χ0n) is 13.8. The molecule has 3 rings (SSSR count). The molecular formula is C18H15N3O3S2. The number of methoxy groups -OCH3 is 1. The first-order chi connectivity index (χ1) is 12.6. The van der Waals surface area contributed by atoms with Gasteiger partial charge in [-0.05, 0) is 48.0 Å². The minimum Gasteiger partial charge on any atom is -0.497 e. The van der Waals surface area contributed by atoms with Gasteiger partial charge >= 0.3 is 0 Å². The Labute approximate surface area is 160 Å². The van der Waals surface area contributed by atoms with Gasteiger partial charge in [0.1, 0.15) is 5.75 Å². The number of thiocarbonyl (C=S) groups is 1. The fraction of sp³-hybridized carbons (Fsp3) is 0.0556. The number of ether oxygens (including phenoxy) is 1. The predicted octanol–water partition coefficient (Wildman–Crippen LogP) is 3.17. The summed E-state index contributed by atoms with van der Waals surface area (Å²) in [6.45, 7) is 0. The molecule has 0 atom stereocenters. The van der Waals surface area contributed by atoms with E-state index in [9.17, 15) is 9.59 Å². The number of anilines is 2. The van der Waals surface area contributed by atoms with E-state index in [1.807, 2.05) is 30.3 Å². The Morgan fingerprint density at radius 1 is 1.12 bits per heavy atom. The summed E-state index contributed by atoms with van der Waals surface area (Å²) in [5.74, 6) is 0.593. The Balaban J connectivity index is 1.79. The highest BCUT2D eigenvalue weighted by atomic mass is 32.2. The number of carbonyl (C=O) groups excluding carboxylic acids is 2. The Hall–Kier alpha value is -2.84. The molecule has 2 aromatic rings. The summed E-state index contributed by atoms with van der Waals surface area (Å²) in [6.07, 6.45) is 2.35. The highest BCUT2D eigenvalue weighted by Gasteiger charge is 2.33. The highest BCUT2D eigenvalue weighted by molar-refractivity contribution is 8.27. The molecule has 0 bridgehead atoms. The van der Waals surface area contributed by atoms with Gasteiger partial charge in [0.05, 0.1) is 23.4 Å². The molecule has 0 unspecified atom stereocenters. The number of nitrogens with one attached hydrogen (secondary N) is 2. The van der Waals surface area contributed by atoms with Gasteiger partial charge in [-0.15, -0.1) is 0 Å². The molecule has 0 aromatic heterocycles. The molecule has 1 heterocycles. The Bertz CT molecular complexity index is 864. The average Bonchev–Trinajstić information content (AvgIpc) is 2.94. The Kier molecular flexibility index (Phi) is 5.55. The van der Waals surface area contributed by atoms with Crippen LogP contribution in [0.5, 0.6) is 5.75 Å². The summed E-state index contributed by atoms with van der Waals surface area (Å²) in [5.41, 5.74) is 7.32. The average molecular weight is 385 g/mol. The third-order valence-electron chi connectivity index (χ3n) is 3.61. The minimum absolute atomic E-state index is 0.164. The van der Waals surface area contributed by atoms with Crippen LogP contribution in [0.2, 0.25) is 0 Å². The number of thioether (sulfide) groups is 1. The first-order valence-electron chi connectivity index (χ1n) is 7.59. The lowest BCUT2D eigenvalue weighted by Gasteiger charge is -2.15. The molecule has 0 spiro atoms. The predicted molar refractivity (Wildman–Crippen MR) is 108 cm³/mol. The molecular weight excluding hydrogens is 370 g/mol. The monoisotopic (exact) mass is 385 g/mol. The van der Waals surface area contributed by atoms with Crippen LogP contribution in [0.15, 0.2) is 53.4 Å². The van der Waals surface area contributed by atoms with E-state index < -0.39 is 0 Å². The maximum Gasteiger partial charge on any atom is 0.270 e. The van der Waals surface area contributed by atoms with Crippen LogP contribution < -0.4 is 20.5 Å². The van der Waals surface area contributed by atoms with E-state index in [4.69, 9.17) is 17.0 Å². The van der Waals surface area contributed by atoms with Crippen molar-refractivity contribution in [1.29, 1.82) is 0 Å². The lowest BCUT2D eigenvalue weighted by atomic mass is 10.2. The van der Waals surface area contributed by atoms with Gasteiger partial charge < -0.3 is 4.74 Å². The molecule has 132 valence electrons. The summed E-state index contributed by atoms with van der Waals surface area (Å²) in [4.78, 5) is 25.1. The molecule has 1 fully saturated rings. The second kappa shape index (κ2) is 8.03. The number of amides is 2. The number of hydrogen-bond acceptors (Lipinski definition) is 6. The van der Waals surface area contributed by atoms with Crippen LogP contribution >= 0.6 is 24.0 Å². The second-order valence-electron chi connectivity index (χ2n) is 5.22. The van der Waals surface area contributed by atoms with Crippen molar-refractivity contribution in [3.8, 4) is 5.75 Å². The maximum atomic E-state index is 12.8. The fourth-order valence-electron chi connectivity index (χ4n) is 2.35. The number of carbonyl (C=O) groups is 2. The van der Waals surface area contributed by atoms with E-state index >= 15 is 0 Å². The fourth-order valence-corrected chi connectivity index (χ4v) is 3.65. The topological polar surface area (TPSA) is 70.7 Å². The third kappa shape index (κ3) is 3.87. The first kappa shape index (κ1) is 18.0. The summed E-state index contributed by atoms with van der Waals surface area (Å²) >= 11 is 6.63. The number of rotatable bonds is 6. The summed E-state index contributed by atoms with van der Waals surface area (Å²) in [6, 6.07) is 14.5. The van der Waals surface area contributed by atoms with E-state index in [0.29, 0.717) is 27.0 Å². The van der Waals surface area contributed by atoms with Crippen molar-refractivity contribution in [2.75, 3.05) is 17.4 Å². The van der Waals surface area contributed by atoms with Gasteiger partial charge in [0.2, 0.25) is 6.41 Å². The van der Waals surface area contributed by atoms with Crippen LogP contribution in [0.3, 0.4) is 0 Å². The summed E-state index contributed by atoms with van der Waals surface area (Å²) in [5, 5.41) is 0. The van der Waals surface area contributed by atoms with E-state index in [-0.39, 0.29) is 5.91 Å². The molecule has 2 N–H and O–H groups in total. The first-order valence-corrected chi connectivity index (χ1v) is 8.82.